The molecular formula is C32H41F3N4O7S. The number of halogens is 3. The van der Waals surface area contributed by atoms with Crippen molar-refractivity contribution >= 4 is 33.6 Å². The first kappa shape index (κ1) is 36.0. The number of sulfonamides is 1. The molecule has 3 N–H and O–H groups in total. The number of carbonyl (C=O) groups is 3. The van der Waals surface area contributed by atoms with Crippen LogP contribution in [0, 0.1) is 13.8 Å². The lowest BCUT2D eigenvalue weighted by molar-refractivity contribution is -0.274. The minimum Gasteiger partial charge on any atom is -0.443 e. The van der Waals surface area contributed by atoms with E-state index in [9.17, 15) is 36.0 Å². The predicted octanol–water partition coefficient (Wildman–Crippen LogP) is 4.73. The number of rotatable bonds is 9. The summed E-state index contributed by atoms with van der Waals surface area (Å²) in [5.74, 6) is -2.34. The molecule has 4 rings (SSSR count). The predicted molar refractivity (Wildman–Crippen MR) is 168 cm³/mol. The quantitative estimate of drug-likeness (QED) is 0.389. The van der Waals surface area contributed by atoms with Gasteiger partial charge >= 0.3 is 12.5 Å². The van der Waals surface area contributed by atoms with Crippen LogP contribution in [0.15, 0.2) is 36.4 Å². The van der Waals surface area contributed by atoms with E-state index in [1.54, 1.807) is 27.8 Å². The molecule has 1 saturated heterocycles. The van der Waals surface area contributed by atoms with Gasteiger partial charge in [-0.25, -0.2) is 17.5 Å². The van der Waals surface area contributed by atoms with Crippen molar-refractivity contribution < 1.29 is 45.4 Å². The number of benzene rings is 2. The number of primary amides is 1. The zero-order valence-corrected chi connectivity index (χ0v) is 28.1. The van der Waals surface area contributed by atoms with Crippen LogP contribution in [0.5, 0.6) is 5.75 Å². The molecule has 0 aromatic heterocycles. The lowest BCUT2D eigenvalue weighted by atomic mass is 9.87. The van der Waals surface area contributed by atoms with E-state index in [1.165, 1.54) is 21.3 Å². The number of nitrogens with zero attached hydrogens (tertiary/aromatic N) is 2. The van der Waals surface area contributed by atoms with Gasteiger partial charge in [0.1, 0.15) is 16.9 Å². The second kappa shape index (κ2) is 12.6. The second-order valence-electron chi connectivity index (χ2n) is 13.3. The molecule has 1 aliphatic carbocycles. The molecule has 0 unspecified atom stereocenters. The van der Waals surface area contributed by atoms with E-state index in [2.05, 4.69) is 10.1 Å². The van der Waals surface area contributed by atoms with Gasteiger partial charge < -0.3 is 20.5 Å². The Morgan fingerprint density at radius 3 is 2.06 bits per heavy atom. The number of nitrogens with one attached hydrogen (secondary N) is 1. The maximum Gasteiger partial charge on any atom is 0.573 e. The van der Waals surface area contributed by atoms with E-state index in [0.29, 0.717) is 18.5 Å². The van der Waals surface area contributed by atoms with Gasteiger partial charge in [0, 0.05) is 31.4 Å². The molecule has 3 amide bonds. The fourth-order valence-corrected chi connectivity index (χ4v) is 7.96. The van der Waals surface area contributed by atoms with E-state index < -0.39 is 55.9 Å². The normalized spacial score (nSPS) is 17.8. The molecule has 2 aromatic rings. The molecule has 1 saturated carbocycles. The van der Waals surface area contributed by atoms with Crippen molar-refractivity contribution in [3.63, 3.8) is 0 Å². The molecule has 1 heterocycles. The highest BCUT2D eigenvalue weighted by Crippen LogP contribution is 2.49. The van der Waals surface area contributed by atoms with Crippen molar-refractivity contribution in [2.45, 2.75) is 89.0 Å². The second-order valence-corrected chi connectivity index (χ2v) is 15.7. The number of carbonyl (C=O) groups excluding carboxylic acids is 3. The van der Waals surface area contributed by atoms with Crippen LogP contribution >= 0.6 is 0 Å². The zero-order valence-electron chi connectivity index (χ0n) is 27.3. The summed E-state index contributed by atoms with van der Waals surface area (Å²) >= 11 is 0. The highest BCUT2D eigenvalue weighted by atomic mass is 32.2. The molecule has 1 aliphatic heterocycles. The largest absolute Gasteiger partial charge is 0.573 e. The standard InChI is InChI=1S/C32H41F3N4O7S/c1-20-16-23(38(6)28(42)46-29(3,4)5)17-21(2)25(20)19-30(10-11-30)47(43,44)39-14-12-31(13-15-39,27(36)41)37-26(40)22-8-7-9-24(18-22)45-32(33,34)35/h7-9,16-18H,10-15,19H2,1-6H3,(H2,36,41)(H,37,40). The van der Waals surface area contributed by atoms with Gasteiger partial charge in [-0.05, 0) is 114 Å². The minimum absolute atomic E-state index is 0.0951. The molecule has 2 fully saturated rings. The monoisotopic (exact) mass is 682 g/mol. The Labute approximate surface area is 272 Å². The first-order valence-corrected chi connectivity index (χ1v) is 16.6. The average molecular weight is 683 g/mol. The number of ether oxygens (including phenoxy) is 2. The molecule has 47 heavy (non-hydrogen) atoms. The summed E-state index contributed by atoms with van der Waals surface area (Å²) < 4.78 is 75.6. The SMILES string of the molecule is Cc1cc(N(C)C(=O)OC(C)(C)C)cc(C)c1CC1(S(=O)(=O)N2CCC(NC(=O)c3cccc(OC(F)(F)F)c3)(C(N)=O)CC2)CC1. The third-order valence-electron chi connectivity index (χ3n) is 8.66. The Hall–Kier alpha value is -3.85. The Morgan fingerprint density at radius 2 is 1.57 bits per heavy atom. The average Bonchev–Trinajstić information content (AvgIpc) is 3.74. The minimum atomic E-state index is -4.96. The van der Waals surface area contributed by atoms with Gasteiger partial charge in [0.15, 0.2) is 0 Å². The van der Waals surface area contributed by atoms with Crippen LogP contribution in [0.4, 0.5) is 23.7 Å². The molecule has 258 valence electrons. The van der Waals surface area contributed by atoms with Gasteiger partial charge in [-0.1, -0.05) is 6.07 Å². The van der Waals surface area contributed by atoms with Crippen LogP contribution in [0.25, 0.3) is 0 Å². The molecular weight excluding hydrogens is 641 g/mol. The summed E-state index contributed by atoms with van der Waals surface area (Å²) in [4.78, 5) is 39.6. The lowest BCUT2D eigenvalue weighted by Crippen LogP contribution is -2.63. The van der Waals surface area contributed by atoms with Crippen LogP contribution in [-0.2, 0) is 26.0 Å². The molecule has 11 nitrogen and oxygen atoms in total. The highest BCUT2D eigenvalue weighted by molar-refractivity contribution is 7.90. The number of anilines is 1. The number of hydrogen-bond acceptors (Lipinski definition) is 7. The number of aryl methyl sites for hydroxylation is 2. The van der Waals surface area contributed by atoms with Gasteiger partial charge in [-0.3, -0.25) is 14.5 Å². The first-order chi connectivity index (χ1) is 21.6. The van der Waals surface area contributed by atoms with Gasteiger partial charge in [0.2, 0.25) is 15.9 Å². The van der Waals surface area contributed by atoms with Crippen molar-refractivity contribution in [2.24, 2.45) is 5.73 Å². The number of alkyl halides is 3. The van der Waals surface area contributed by atoms with Gasteiger partial charge in [-0.2, -0.15) is 0 Å². The van der Waals surface area contributed by atoms with Crippen LogP contribution in [0.1, 0.15) is 73.5 Å². The van der Waals surface area contributed by atoms with Crippen LogP contribution in [0.2, 0.25) is 0 Å². The number of piperidine rings is 1. The maximum atomic E-state index is 14.0. The van der Waals surface area contributed by atoms with E-state index in [0.717, 1.165) is 28.8 Å². The fraction of sp³-hybridized carbons (Fsp3) is 0.531. The third kappa shape index (κ3) is 8.00. The van der Waals surface area contributed by atoms with E-state index >= 15 is 0 Å². The molecule has 2 aromatic carbocycles. The fourth-order valence-electron chi connectivity index (χ4n) is 5.81. The Morgan fingerprint density at radius 1 is 1.00 bits per heavy atom. The zero-order chi connectivity index (χ0) is 35.2. The molecule has 0 atom stereocenters. The maximum absolute atomic E-state index is 14.0. The van der Waals surface area contributed by atoms with Gasteiger partial charge in [0.05, 0.1) is 4.75 Å². The summed E-state index contributed by atoms with van der Waals surface area (Å²) in [6.07, 6.45) is -4.56. The summed E-state index contributed by atoms with van der Waals surface area (Å²) in [5.41, 5.74) is 6.36. The first-order valence-electron chi connectivity index (χ1n) is 15.1. The van der Waals surface area contributed by atoms with Crippen molar-refractivity contribution in [3.8, 4) is 5.75 Å². The van der Waals surface area contributed by atoms with Crippen molar-refractivity contribution in [1.29, 1.82) is 0 Å². The number of amides is 3. The Balaban J connectivity index is 1.47. The van der Waals surface area contributed by atoms with Crippen LogP contribution in [0.3, 0.4) is 0 Å². The van der Waals surface area contributed by atoms with E-state index in [1.807, 2.05) is 26.0 Å². The molecule has 0 radical (unpaired) electrons. The van der Waals surface area contributed by atoms with Crippen molar-refractivity contribution in [2.75, 3.05) is 25.0 Å². The lowest BCUT2D eigenvalue weighted by Gasteiger charge is -2.40. The van der Waals surface area contributed by atoms with Gasteiger partial charge in [0.25, 0.3) is 5.91 Å². The topological polar surface area (TPSA) is 148 Å². The Bertz CT molecular complexity index is 1640. The summed E-state index contributed by atoms with van der Waals surface area (Å²) in [6.45, 7) is 8.88. The van der Waals surface area contributed by atoms with E-state index in [-0.39, 0.29) is 37.9 Å². The number of nitrogens with two attached hydrogens (primary N) is 1. The molecule has 15 heteroatoms. The van der Waals surface area contributed by atoms with Crippen molar-refractivity contribution in [3.05, 3.63) is 58.7 Å². The van der Waals surface area contributed by atoms with Crippen molar-refractivity contribution in [1.82, 2.24) is 9.62 Å². The highest BCUT2D eigenvalue weighted by Gasteiger charge is 2.58. The van der Waals surface area contributed by atoms with Gasteiger partial charge in [-0.15, -0.1) is 13.2 Å². The van der Waals surface area contributed by atoms with E-state index in [4.69, 9.17) is 10.5 Å². The third-order valence-corrected chi connectivity index (χ3v) is 11.4. The molecule has 0 spiro atoms. The summed E-state index contributed by atoms with van der Waals surface area (Å²) in [6, 6.07) is 8.03. The summed E-state index contributed by atoms with van der Waals surface area (Å²) in [7, 11) is -2.25. The van der Waals surface area contributed by atoms with Crippen LogP contribution in [-0.4, -0.2) is 73.0 Å². The molecule has 2 aliphatic rings. The van der Waals surface area contributed by atoms with Crippen LogP contribution < -0.4 is 20.7 Å². The smallest absolute Gasteiger partial charge is 0.443 e. The Kier molecular flexibility index (Phi) is 9.68. The summed E-state index contributed by atoms with van der Waals surface area (Å²) in [5, 5.41) is 2.55. The number of hydrogen-bond donors (Lipinski definition) is 2. The molecule has 0 bridgehead atoms.